The van der Waals surface area contributed by atoms with Gasteiger partial charge in [0.25, 0.3) is 5.91 Å². The predicted molar refractivity (Wildman–Crippen MR) is 77.5 cm³/mol. The molecule has 1 atom stereocenters. The quantitative estimate of drug-likeness (QED) is 0.893. The van der Waals surface area contributed by atoms with Crippen LogP contribution >= 0.6 is 11.3 Å². The summed E-state index contributed by atoms with van der Waals surface area (Å²) < 4.78 is 0. The van der Waals surface area contributed by atoms with Crippen molar-refractivity contribution in [3.63, 3.8) is 0 Å². The summed E-state index contributed by atoms with van der Waals surface area (Å²) in [5, 5.41) is 3.47. The molecule has 1 aliphatic rings. The first-order valence-corrected chi connectivity index (χ1v) is 7.47. The molecule has 1 aromatic rings. The smallest absolute Gasteiger partial charge is 0.251 e. The van der Waals surface area contributed by atoms with Crippen molar-refractivity contribution in [2.75, 3.05) is 5.32 Å². The van der Waals surface area contributed by atoms with E-state index in [2.05, 4.69) is 12.2 Å². The molecule has 0 aliphatic heterocycles. The van der Waals surface area contributed by atoms with E-state index in [0.29, 0.717) is 16.5 Å². The van der Waals surface area contributed by atoms with Gasteiger partial charge in [-0.05, 0) is 30.7 Å². The molecule has 0 saturated heterocycles. The van der Waals surface area contributed by atoms with Crippen LogP contribution in [-0.2, 0) is 17.6 Å². The fraction of sp³-hybridized carbons (Fsp3) is 0.571. The molecular weight excluding hydrogens is 260 g/mol. The lowest BCUT2D eigenvalue weighted by Gasteiger charge is -2.18. The first-order chi connectivity index (χ1) is 8.90. The van der Waals surface area contributed by atoms with Crippen molar-refractivity contribution in [3.05, 3.63) is 16.0 Å². The van der Waals surface area contributed by atoms with Gasteiger partial charge >= 0.3 is 0 Å². The van der Waals surface area contributed by atoms with Crippen LogP contribution in [0.2, 0.25) is 0 Å². The topological polar surface area (TPSA) is 72.2 Å². The zero-order valence-corrected chi connectivity index (χ0v) is 12.4. The van der Waals surface area contributed by atoms with E-state index in [1.54, 1.807) is 0 Å². The zero-order valence-electron chi connectivity index (χ0n) is 11.6. The number of amides is 2. The second-order valence-corrected chi connectivity index (χ2v) is 6.67. The van der Waals surface area contributed by atoms with Crippen LogP contribution < -0.4 is 11.1 Å². The van der Waals surface area contributed by atoms with Crippen molar-refractivity contribution >= 4 is 28.2 Å². The lowest BCUT2D eigenvalue weighted by Crippen LogP contribution is -2.21. The van der Waals surface area contributed by atoms with E-state index in [4.69, 9.17) is 5.73 Å². The van der Waals surface area contributed by atoms with Gasteiger partial charge in [0, 0.05) is 10.8 Å². The third kappa shape index (κ3) is 2.81. The number of hydrogen-bond donors (Lipinski definition) is 2. The number of thiophene rings is 1. The Morgan fingerprint density at radius 1 is 1.42 bits per heavy atom. The number of carbonyl (C=O) groups is 2. The Kier molecular flexibility index (Phi) is 3.94. The van der Waals surface area contributed by atoms with Crippen molar-refractivity contribution in [3.8, 4) is 0 Å². The molecule has 0 bridgehead atoms. The zero-order chi connectivity index (χ0) is 14.2. The SMILES string of the molecule is CC(C)C(=O)Nc1sc2c(c1C(N)=O)CC[C@@H](C)C2. The van der Waals surface area contributed by atoms with Gasteiger partial charge in [-0.1, -0.05) is 20.8 Å². The lowest BCUT2D eigenvalue weighted by atomic mass is 9.88. The number of fused-ring (bicyclic) bond motifs is 1. The van der Waals surface area contributed by atoms with Crippen molar-refractivity contribution in [1.29, 1.82) is 0 Å². The monoisotopic (exact) mass is 280 g/mol. The normalized spacial score (nSPS) is 18.2. The molecule has 4 nitrogen and oxygen atoms in total. The largest absolute Gasteiger partial charge is 0.365 e. The van der Waals surface area contributed by atoms with Gasteiger partial charge in [-0.25, -0.2) is 0 Å². The average molecular weight is 280 g/mol. The molecule has 0 spiro atoms. The highest BCUT2D eigenvalue weighted by Gasteiger charge is 2.27. The molecule has 1 aliphatic carbocycles. The van der Waals surface area contributed by atoms with Crippen LogP contribution in [-0.4, -0.2) is 11.8 Å². The molecule has 3 N–H and O–H groups in total. The summed E-state index contributed by atoms with van der Waals surface area (Å²) in [5.41, 5.74) is 7.07. The molecular formula is C14H20N2O2S. The van der Waals surface area contributed by atoms with Crippen molar-refractivity contribution in [2.45, 2.75) is 40.0 Å². The van der Waals surface area contributed by atoms with Gasteiger partial charge in [0.2, 0.25) is 5.91 Å². The summed E-state index contributed by atoms with van der Waals surface area (Å²) in [5.74, 6) is -0.000408. The second-order valence-electron chi connectivity index (χ2n) is 5.56. The molecule has 0 radical (unpaired) electrons. The maximum absolute atomic E-state index is 11.8. The molecule has 1 heterocycles. The second kappa shape index (κ2) is 5.33. The number of hydrogen-bond acceptors (Lipinski definition) is 3. The van der Waals surface area contributed by atoms with Crippen molar-refractivity contribution < 1.29 is 9.59 Å². The van der Waals surface area contributed by atoms with E-state index in [1.807, 2.05) is 13.8 Å². The third-order valence-corrected chi connectivity index (χ3v) is 4.69. The molecule has 104 valence electrons. The Balaban J connectivity index is 2.38. The van der Waals surface area contributed by atoms with Gasteiger partial charge in [0.15, 0.2) is 0 Å². The van der Waals surface area contributed by atoms with Crippen LogP contribution in [0, 0.1) is 11.8 Å². The number of primary amides is 1. The van der Waals surface area contributed by atoms with Crippen LogP contribution in [0.25, 0.3) is 0 Å². The van der Waals surface area contributed by atoms with E-state index in [0.717, 1.165) is 24.8 Å². The lowest BCUT2D eigenvalue weighted by molar-refractivity contribution is -0.118. The molecule has 5 heteroatoms. The molecule has 2 rings (SSSR count). The van der Waals surface area contributed by atoms with Gasteiger partial charge in [0.05, 0.1) is 5.56 Å². The number of nitrogens with one attached hydrogen (secondary N) is 1. The maximum atomic E-state index is 11.8. The number of carbonyl (C=O) groups excluding carboxylic acids is 2. The summed E-state index contributed by atoms with van der Waals surface area (Å²) in [4.78, 5) is 24.7. The van der Waals surface area contributed by atoms with E-state index >= 15 is 0 Å². The highest BCUT2D eigenvalue weighted by Crippen LogP contribution is 2.39. The maximum Gasteiger partial charge on any atom is 0.251 e. The van der Waals surface area contributed by atoms with E-state index in [1.165, 1.54) is 16.2 Å². The highest BCUT2D eigenvalue weighted by atomic mass is 32.1. The molecule has 0 aromatic carbocycles. The summed E-state index contributed by atoms with van der Waals surface area (Å²) >= 11 is 1.51. The Morgan fingerprint density at radius 2 is 2.11 bits per heavy atom. The minimum Gasteiger partial charge on any atom is -0.365 e. The van der Waals surface area contributed by atoms with Crippen LogP contribution in [0.1, 0.15) is 48.0 Å². The van der Waals surface area contributed by atoms with Crippen LogP contribution in [0.3, 0.4) is 0 Å². The predicted octanol–water partition coefficient (Wildman–Crippen LogP) is 2.57. The van der Waals surface area contributed by atoms with Gasteiger partial charge < -0.3 is 11.1 Å². The highest BCUT2D eigenvalue weighted by molar-refractivity contribution is 7.17. The van der Waals surface area contributed by atoms with E-state index in [-0.39, 0.29) is 11.8 Å². The number of anilines is 1. The molecule has 19 heavy (non-hydrogen) atoms. The first-order valence-electron chi connectivity index (χ1n) is 6.65. The summed E-state index contributed by atoms with van der Waals surface area (Å²) in [7, 11) is 0. The van der Waals surface area contributed by atoms with Gasteiger partial charge in [0.1, 0.15) is 5.00 Å². The summed E-state index contributed by atoms with van der Waals surface area (Å²) in [6, 6.07) is 0. The standard InChI is InChI=1S/C14H20N2O2S/c1-7(2)13(18)16-14-11(12(15)17)9-5-4-8(3)6-10(9)19-14/h7-8H,4-6H2,1-3H3,(H2,15,17)(H,16,18)/t8-/m1/s1. The first kappa shape index (κ1) is 14.1. The fourth-order valence-corrected chi connectivity index (χ4v) is 3.77. The van der Waals surface area contributed by atoms with Gasteiger partial charge in [-0.15, -0.1) is 11.3 Å². The van der Waals surface area contributed by atoms with Crippen LogP contribution in [0.15, 0.2) is 0 Å². The molecule has 1 aromatic heterocycles. The van der Waals surface area contributed by atoms with Crippen LogP contribution in [0.5, 0.6) is 0 Å². The Labute approximate surface area is 117 Å². The van der Waals surface area contributed by atoms with Gasteiger partial charge in [-0.2, -0.15) is 0 Å². The third-order valence-electron chi connectivity index (χ3n) is 3.52. The van der Waals surface area contributed by atoms with Crippen molar-refractivity contribution in [1.82, 2.24) is 0 Å². The summed E-state index contributed by atoms with van der Waals surface area (Å²) in [6.45, 7) is 5.86. The minimum atomic E-state index is -0.439. The average Bonchev–Trinajstić information content (AvgIpc) is 2.65. The minimum absolute atomic E-state index is 0.0749. The molecule has 0 unspecified atom stereocenters. The molecule has 0 fully saturated rings. The summed E-state index contributed by atoms with van der Waals surface area (Å²) in [6.07, 6.45) is 2.92. The van der Waals surface area contributed by atoms with Crippen LogP contribution in [0.4, 0.5) is 5.00 Å². The Bertz CT molecular complexity index is 520. The van der Waals surface area contributed by atoms with E-state index < -0.39 is 5.91 Å². The Hall–Kier alpha value is -1.36. The van der Waals surface area contributed by atoms with E-state index in [9.17, 15) is 9.59 Å². The van der Waals surface area contributed by atoms with Gasteiger partial charge in [-0.3, -0.25) is 9.59 Å². The molecule has 2 amide bonds. The number of nitrogens with two attached hydrogens (primary N) is 1. The molecule has 0 saturated carbocycles. The Morgan fingerprint density at radius 3 is 2.68 bits per heavy atom. The fourth-order valence-electron chi connectivity index (χ4n) is 2.36. The number of rotatable bonds is 3. The van der Waals surface area contributed by atoms with Crippen molar-refractivity contribution in [2.24, 2.45) is 17.6 Å².